The van der Waals surface area contributed by atoms with E-state index in [9.17, 15) is 28.9 Å². The Morgan fingerprint density at radius 2 is 0.598 bits per heavy atom. The number of hydrogen-bond acceptors (Lipinski definition) is 10. The lowest BCUT2D eigenvalue weighted by Crippen LogP contribution is -2.30. The van der Waals surface area contributed by atoms with Crippen LogP contribution < -0.4 is 0 Å². The Bertz CT molecular complexity index is 2030. The quantitative estimate of drug-likeness (QED) is 0.0197. The highest BCUT2D eigenvalue weighted by molar-refractivity contribution is 7.47. The summed E-state index contributed by atoms with van der Waals surface area (Å²) in [6, 6.07) is 0. The molecule has 0 heterocycles. The van der Waals surface area contributed by atoms with Crippen molar-refractivity contribution < 1.29 is 52.2 Å². The summed E-state index contributed by atoms with van der Waals surface area (Å²) in [6.07, 6.45) is 83.0. The molecule has 0 aromatic heterocycles. The number of rotatable bonds is 55. The van der Waals surface area contributed by atoms with Gasteiger partial charge in [-0.1, -0.05) is 217 Å². The van der Waals surface area contributed by atoms with Crippen molar-refractivity contribution in [3.05, 3.63) is 170 Å². The van der Waals surface area contributed by atoms with Gasteiger partial charge in [-0.25, -0.2) is 4.57 Å². The number of ether oxygens (including phenoxy) is 3. The van der Waals surface area contributed by atoms with Crippen LogP contribution in [0.5, 0.6) is 0 Å². The Balaban J connectivity index is 4.89. The summed E-state index contributed by atoms with van der Waals surface area (Å²) in [6.45, 7) is 4.18. The van der Waals surface area contributed by atoms with Crippen molar-refractivity contribution in [2.24, 2.45) is 0 Å². The van der Waals surface area contributed by atoms with Gasteiger partial charge in [-0.2, -0.15) is 0 Å². The van der Waals surface area contributed by atoms with Crippen LogP contribution in [0, 0.1) is 0 Å². The maximum Gasteiger partial charge on any atom is 0.472 e. The van der Waals surface area contributed by atoms with Crippen LogP contribution in [0.2, 0.25) is 0 Å². The molecular weight excluding hydrogens is 1050 g/mol. The Labute approximate surface area is 497 Å². The van der Waals surface area contributed by atoms with E-state index in [2.05, 4.69) is 191 Å². The van der Waals surface area contributed by atoms with E-state index in [4.69, 9.17) is 23.3 Å². The summed E-state index contributed by atoms with van der Waals surface area (Å²) in [5.74, 6) is -1.59. The second-order valence-electron chi connectivity index (χ2n) is 19.7. The van der Waals surface area contributed by atoms with Gasteiger partial charge in [0.25, 0.3) is 0 Å². The highest BCUT2D eigenvalue weighted by Gasteiger charge is 2.28. The Hall–Kier alpha value is -5.16. The number of aliphatic hydroxyl groups excluding tert-OH is 1. The first-order chi connectivity index (χ1) is 40.2. The molecule has 0 amide bonds. The van der Waals surface area contributed by atoms with Crippen molar-refractivity contribution >= 4 is 25.7 Å². The standard InChI is InChI=1S/C70H109O11P/c1-4-7-10-13-16-19-22-25-28-31-33-36-38-41-44-47-50-53-56-59-68(72)77-63-67(81-70(74)61-58-55-52-49-46-43-40-37-34-32-29-26-23-20-17-14-11-8-5-2)65-79-82(75,76)78-64-66(62-71)80-69(73)60-57-54-51-48-45-42-39-35-30-27-24-21-18-15-12-9-6-3/h7-12,16-21,25-30,33-34,36-37,39,41-44,46,66-67,71H,4-6,13-15,22-24,31-32,35,38,40,45,47-65H2,1-3H3,(H,75,76)/b10-7-,11-8-,12-9-,19-16-,20-17-,21-18-,28-25-,29-26-,30-27-,36-33-,37-34-,42-39-,44-41-,46-43-. The molecule has 0 aliphatic carbocycles. The summed E-state index contributed by atoms with van der Waals surface area (Å²) in [4.78, 5) is 48.7. The van der Waals surface area contributed by atoms with Crippen molar-refractivity contribution in [2.75, 3.05) is 26.4 Å². The fourth-order valence-electron chi connectivity index (χ4n) is 7.52. The van der Waals surface area contributed by atoms with Crippen LogP contribution >= 0.6 is 7.82 Å². The maximum atomic E-state index is 13.0. The smallest absolute Gasteiger partial charge is 0.462 e. The maximum absolute atomic E-state index is 13.0. The molecule has 0 saturated carbocycles. The second-order valence-corrected chi connectivity index (χ2v) is 21.2. The molecule has 0 saturated heterocycles. The number of unbranched alkanes of at least 4 members (excludes halogenated alkanes) is 10. The molecule has 11 nitrogen and oxygen atoms in total. The van der Waals surface area contributed by atoms with Gasteiger partial charge in [0.15, 0.2) is 6.10 Å². The zero-order valence-corrected chi connectivity index (χ0v) is 51.8. The molecule has 82 heavy (non-hydrogen) atoms. The van der Waals surface area contributed by atoms with Gasteiger partial charge in [-0.05, 0) is 148 Å². The minimum absolute atomic E-state index is 0.108. The number of esters is 3. The minimum atomic E-state index is -4.79. The normalized spacial score (nSPS) is 14.5. The van der Waals surface area contributed by atoms with Crippen LogP contribution in [0.3, 0.4) is 0 Å². The Kier molecular flexibility index (Phi) is 58.0. The molecule has 0 aliphatic heterocycles. The minimum Gasteiger partial charge on any atom is -0.462 e. The van der Waals surface area contributed by atoms with Gasteiger partial charge in [-0.3, -0.25) is 23.4 Å². The SMILES string of the molecule is CC/C=C\C/C=C\C/C=C\C/C=C\C/C=C\CCCCCC(=O)OCC(COP(=O)(O)OCC(CO)OC(=O)CCCCCC/C=C\C/C=C\C/C=C\C/C=C\CC)OC(=O)CCCCC/C=C\C/C=C\C/C=C\C/C=C\C/C=C\CC. The van der Waals surface area contributed by atoms with Crippen LogP contribution in [-0.2, 0) is 42.2 Å². The van der Waals surface area contributed by atoms with Crippen molar-refractivity contribution in [2.45, 2.75) is 226 Å². The number of hydrogen-bond donors (Lipinski definition) is 2. The number of phosphoric ester groups is 1. The van der Waals surface area contributed by atoms with Gasteiger partial charge in [0.05, 0.1) is 19.8 Å². The summed E-state index contributed by atoms with van der Waals surface area (Å²) in [7, 11) is -4.79. The summed E-state index contributed by atoms with van der Waals surface area (Å²) in [5, 5.41) is 9.85. The van der Waals surface area contributed by atoms with E-state index in [0.29, 0.717) is 19.3 Å². The molecule has 0 bridgehead atoms. The van der Waals surface area contributed by atoms with E-state index in [1.807, 2.05) is 0 Å². The molecule has 0 spiro atoms. The van der Waals surface area contributed by atoms with Gasteiger partial charge >= 0.3 is 25.7 Å². The van der Waals surface area contributed by atoms with Crippen LogP contribution in [0.4, 0.5) is 0 Å². The average Bonchev–Trinajstić information content (AvgIpc) is 3.47. The molecule has 0 aliphatic rings. The highest BCUT2D eigenvalue weighted by atomic mass is 31.2. The monoisotopic (exact) mass is 1160 g/mol. The van der Waals surface area contributed by atoms with E-state index in [-0.39, 0.29) is 25.9 Å². The molecule has 0 fully saturated rings. The molecule has 12 heteroatoms. The van der Waals surface area contributed by atoms with Crippen LogP contribution in [-0.4, -0.2) is 66.5 Å². The molecule has 2 N–H and O–H groups in total. The molecule has 0 aromatic carbocycles. The first-order valence-corrected chi connectivity index (χ1v) is 32.5. The van der Waals surface area contributed by atoms with Gasteiger partial charge in [0.2, 0.25) is 0 Å². The topological polar surface area (TPSA) is 155 Å². The zero-order valence-electron chi connectivity index (χ0n) is 50.9. The first kappa shape index (κ1) is 76.8. The van der Waals surface area contributed by atoms with Crippen LogP contribution in [0.25, 0.3) is 0 Å². The lowest BCUT2D eigenvalue weighted by Gasteiger charge is -2.21. The lowest BCUT2D eigenvalue weighted by molar-refractivity contribution is -0.161. The number of allylic oxidation sites excluding steroid dienone is 28. The highest BCUT2D eigenvalue weighted by Crippen LogP contribution is 2.43. The third-order valence-corrected chi connectivity index (χ3v) is 13.1. The molecule has 0 radical (unpaired) electrons. The van der Waals surface area contributed by atoms with Crippen molar-refractivity contribution in [1.29, 1.82) is 0 Å². The van der Waals surface area contributed by atoms with E-state index < -0.39 is 57.8 Å². The number of carbonyl (C=O) groups is 3. The fourth-order valence-corrected chi connectivity index (χ4v) is 8.30. The predicted molar refractivity (Wildman–Crippen MR) is 343 cm³/mol. The predicted octanol–water partition coefficient (Wildman–Crippen LogP) is 19.0. The van der Waals surface area contributed by atoms with Crippen LogP contribution in [0.1, 0.15) is 213 Å². The average molecular weight is 1160 g/mol. The fraction of sp³-hybridized carbons (Fsp3) is 0.557. The molecule has 460 valence electrons. The van der Waals surface area contributed by atoms with E-state index in [1.165, 1.54) is 0 Å². The van der Waals surface area contributed by atoms with Crippen LogP contribution in [0.15, 0.2) is 170 Å². The van der Waals surface area contributed by atoms with E-state index in [1.54, 1.807) is 0 Å². The summed E-state index contributed by atoms with van der Waals surface area (Å²) >= 11 is 0. The lowest BCUT2D eigenvalue weighted by atomic mass is 10.1. The van der Waals surface area contributed by atoms with Crippen molar-refractivity contribution in [1.82, 2.24) is 0 Å². The third-order valence-electron chi connectivity index (χ3n) is 12.1. The molecule has 3 atom stereocenters. The number of aliphatic hydroxyl groups is 1. The molecule has 0 aromatic rings. The molecule has 0 rings (SSSR count). The van der Waals surface area contributed by atoms with E-state index in [0.717, 1.165) is 154 Å². The summed E-state index contributed by atoms with van der Waals surface area (Å²) < 4.78 is 39.6. The third kappa shape index (κ3) is 59.5. The van der Waals surface area contributed by atoms with Gasteiger partial charge in [0, 0.05) is 19.3 Å². The largest absolute Gasteiger partial charge is 0.472 e. The van der Waals surface area contributed by atoms with Gasteiger partial charge < -0.3 is 24.2 Å². The van der Waals surface area contributed by atoms with Crippen molar-refractivity contribution in [3.63, 3.8) is 0 Å². The molecular formula is C70H109O11P. The second kappa shape index (κ2) is 61.9. The molecule has 3 unspecified atom stereocenters. The van der Waals surface area contributed by atoms with Gasteiger partial charge in [0.1, 0.15) is 12.7 Å². The summed E-state index contributed by atoms with van der Waals surface area (Å²) in [5.41, 5.74) is 0. The number of phosphoric acid groups is 1. The van der Waals surface area contributed by atoms with E-state index >= 15 is 0 Å². The first-order valence-electron chi connectivity index (χ1n) is 31.0. The zero-order chi connectivity index (χ0) is 59.8. The Morgan fingerprint density at radius 1 is 0.341 bits per heavy atom. The van der Waals surface area contributed by atoms with Gasteiger partial charge in [-0.15, -0.1) is 0 Å². The Morgan fingerprint density at radius 3 is 0.915 bits per heavy atom. The van der Waals surface area contributed by atoms with Crippen molar-refractivity contribution in [3.8, 4) is 0 Å². The number of carbonyl (C=O) groups excluding carboxylic acids is 3.